The summed E-state index contributed by atoms with van der Waals surface area (Å²) >= 11 is 11.3. The van der Waals surface area contributed by atoms with Gasteiger partial charge in [-0.25, -0.2) is 9.78 Å². The van der Waals surface area contributed by atoms with Gasteiger partial charge >= 0.3 is 5.97 Å². The number of halogens is 2. The zero-order valence-corrected chi connectivity index (χ0v) is 11.2. The van der Waals surface area contributed by atoms with Crippen molar-refractivity contribution in [1.82, 2.24) is 15.8 Å². The van der Waals surface area contributed by atoms with E-state index in [2.05, 4.69) is 9.72 Å². The highest BCUT2D eigenvalue weighted by Gasteiger charge is 2.12. The van der Waals surface area contributed by atoms with Crippen molar-refractivity contribution >= 4 is 41.0 Å². The zero-order valence-electron chi connectivity index (χ0n) is 9.70. The molecule has 9 heteroatoms. The molecule has 0 spiro atoms. The third-order valence-electron chi connectivity index (χ3n) is 1.74. The van der Waals surface area contributed by atoms with Crippen molar-refractivity contribution in [2.24, 2.45) is 0 Å². The van der Waals surface area contributed by atoms with Crippen LogP contribution in [0.5, 0.6) is 0 Å². The smallest absolute Gasteiger partial charge is 0.340 e. The van der Waals surface area contributed by atoms with Gasteiger partial charge in [0, 0.05) is 13.1 Å². The Morgan fingerprint density at radius 2 is 2.00 bits per heavy atom. The van der Waals surface area contributed by atoms with E-state index >= 15 is 0 Å². The first-order chi connectivity index (χ1) is 8.90. The van der Waals surface area contributed by atoms with Crippen LogP contribution < -0.4 is 10.9 Å². The molecule has 0 radical (unpaired) electrons. The van der Waals surface area contributed by atoms with Crippen molar-refractivity contribution in [3.63, 3.8) is 0 Å². The standard InChI is InChI=1S/C10H9Cl2N3O4/c1-5(16)14-15-8(17)4-19-10(18)6-2-7(11)9(12)13-3-6/h2-3H,4H2,1H3,(H,14,16)(H,15,17). The fourth-order valence-corrected chi connectivity index (χ4v) is 1.21. The van der Waals surface area contributed by atoms with Gasteiger partial charge < -0.3 is 4.74 Å². The molecule has 2 N–H and O–H groups in total. The van der Waals surface area contributed by atoms with E-state index in [0.29, 0.717) is 0 Å². The second-order valence-electron chi connectivity index (χ2n) is 3.30. The number of nitrogens with zero attached hydrogens (tertiary/aromatic N) is 1. The topological polar surface area (TPSA) is 97.4 Å². The molecule has 2 amide bonds. The molecule has 0 saturated carbocycles. The quantitative estimate of drug-likeness (QED) is 0.487. The molecule has 1 aromatic rings. The summed E-state index contributed by atoms with van der Waals surface area (Å²) in [5.74, 6) is -1.92. The largest absolute Gasteiger partial charge is 0.452 e. The van der Waals surface area contributed by atoms with Crippen LogP contribution in [0.1, 0.15) is 17.3 Å². The van der Waals surface area contributed by atoms with Crippen LogP contribution in [-0.2, 0) is 14.3 Å². The molecule has 1 heterocycles. The molecule has 19 heavy (non-hydrogen) atoms. The first kappa shape index (κ1) is 15.2. The van der Waals surface area contributed by atoms with Crippen LogP contribution in [0.3, 0.4) is 0 Å². The number of aromatic nitrogens is 1. The monoisotopic (exact) mass is 305 g/mol. The van der Waals surface area contributed by atoms with E-state index in [9.17, 15) is 14.4 Å². The average Bonchev–Trinajstić information content (AvgIpc) is 2.36. The van der Waals surface area contributed by atoms with Gasteiger partial charge in [-0.3, -0.25) is 20.4 Å². The maximum atomic E-state index is 11.5. The molecule has 0 saturated heterocycles. The van der Waals surface area contributed by atoms with Crippen LogP contribution in [-0.4, -0.2) is 29.4 Å². The van der Waals surface area contributed by atoms with Crippen LogP contribution in [0, 0.1) is 0 Å². The van der Waals surface area contributed by atoms with Gasteiger partial charge in [-0.15, -0.1) is 0 Å². The van der Waals surface area contributed by atoms with Crippen LogP contribution in [0.4, 0.5) is 0 Å². The predicted octanol–water partition coefficient (Wildman–Crippen LogP) is 0.712. The minimum atomic E-state index is -0.788. The lowest BCUT2D eigenvalue weighted by molar-refractivity contribution is -0.129. The summed E-state index contributed by atoms with van der Waals surface area (Å²) in [4.78, 5) is 36.8. The second kappa shape index (κ2) is 6.91. The van der Waals surface area contributed by atoms with Gasteiger partial charge in [-0.05, 0) is 6.07 Å². The lowest BCUT2D eigenvalue weighted by Crippen LogP contribution is -2.42. The third-order valence-corrected chi connectivity index (χ3v) is 2.43. The average molecular weight is 306 g/mol. The Kier molecular flexibility index (Phi) is 5.53. The van der Waals surface area contributed by atoms with Crippen LogP contribution in [0.25, 0.3) is 0 Å². The molecule has 0 aliphatic heterocycles. The van der Waals surface area contributed by atoms with Crippen molar-refractivity contribution in [1.29, 1.82) is 0 Å². The van der Waals surface area contributed by atoms with Gasteiger partial charge in [-0.2, -0.15) is 0 Å². The number of ether oxygens (including phenoxy) is 1. The van der Waals surface area contributed by atoms with Crippen molar-refractivity contribution in [2.45, 2.75) is 6.92 Å². The number of amides is 2. The highest BCUT2D eigenvalue weighted by atomic mass is 35.5. The summed E-state index contributed by atoms with van der Waals surface area (Å²) in [6.07, 6.45) is 1.17. The molecule has 0 aliphatic carbocycles. The van der Waals surface area contributed by atoms with Gasteiger partial charge in [-0.1, -0.05) is 23.2 Å². The molecule has 0 aromatic carbocycles. The first-order valence-electron chi connectivity index (χ1n) is 4.93. The molecule has 1 rings (SSSR count). The van der Waals surface area contributed by atoms with E-state index in [0.717, 1.165) is 0 Å². The fraction of sp³-hybridized carbons (Fsp3) is 0.200. The SMILES string of the molecule is CC(=O)NNC(=O)COC(=O)c1cnc(Cl)c(Cl)c1. The van der Waals surface area contributed by atoms with Crippen molar-refractivity contribution in [2.75, 3.05) is 6.61 Å². The summed E-state index contributed by atoms with van der Waals surface area (Å²) in [7, 11) is 0. The summed E-state index contributed by atoms with van der Waals surface area (Å²) in [6.45, 7) is 0.660. The third kappa shape index (κ3) is 5.11. The molecule has 0 bridgehead atoms. The second-order valence-corrected chi connectivity index (χ2v) is 4.07. The Balaban J connectivity index is 2.49. The van der Waals surface area contributed by atoms with Crippen LogP contribution in [0.15, 0.2) is 12.3 Å². The van der Waals surface area contributed by atoms with E-state index in [1.165, 1.54) is 19.2 Å². The lowest BCUT2D eigenvalue weighted by Gasteiger charge is -2.06. The minimum absolute atomic E-state index is 0.0571. The van der Waals surface area contributed by atoms with Gasteiger partial charge in [0.05, 0.1) is 10.6 Å². The number of hydrogen-bond acceptors (Lipinski definition) is 5. The van der Waals surface area contributed by atoms with Crippen LogP contribution >= 0.6 is 23.2 Å². The Morgan fingerprint density at radius 1 is 1.32 bits per heavy atom. The summed E-state index contributed by atoms with van der Waals surface area (Å²) in [6, 6.07) is 1.27. The molecule has 102 valence electrons. The fourth-order valence-electron chi connectivity index (χ4n) is 0.941. The Labute approximate surface area is 118 Å². The van der Waals surface area contributed by atoms with Gasteiger partial charge in [0.2, 0.25) is 5.91 Å². The molecular formula is C10H9Cl2N3O4. The zero-order chi connectivity index (χ0) is 14.4. The molecule has 0 fully saturated rings. The van der Waals surface area contributed by atoms with Crippen molar-refractivity contribution in [3.8, 4) is 0 Å². The number of carbonyl (C=O) groups is 3. The van der Waals surface area contributed by atoms with Gasteiger partial charge in [0.15, 0.2) is 6.61 Å². The molecule has 7 nitrogen and oxygen atoms in total. The first-order valence-corrected chi connectivity index (χ1v) is 5.69. The number of carbonyl (C=O) groups excluding carboxylic acids is 3. The van der Waals surface area contributed by atoms with Crippen molar-refractivity contribution < 1.29 is 19.1 Å². The number of pyridine rings is 1. The Bertz CT molecular complexity index is 521. The number of hydrogen-bond donors (Lipinski definition) is 2. The number of rotatable bonds is 3. The molecule has 0 unspecified atom stereocenters. The Morgan fingerprint density at radius 3 is 2.58 bits per heavy atom. The number of nitrogens with one attached hydrogen (secondary N) is 2. The van der Waals surface area contributed by atoms with E-state index < -0.39 is 24.4 Å². The summed E-state index contributed by atoms with van der Waals surface area (Å²) in [5, 5.41) is 0.153. The number of esters is 1. The Hall–Kier alpha value is -1.86. The summed E-state index contributed by atoms with van der Waals surface area (Å²) in [5.41, 5.74) is 4.13. The van der Waals surface area contributed by atoms with Crippen molar-refractivity contribution in [3.05, 3.63) is 28.0 Å². The van der Waals surface area contributed by atoms with E-state index in [4.69, 9.17) is 23.2 Å². The number of hydrazine groups is 1. The maximum absolute atomic E-state index is 11.5. The minimum Gasteiger partial charge on any atom is -0.452 e. The highest BCUT2D eigenvalue weighted by molar-refractivity contribution is 6.41. The molecule has 0 atom stereocenters. The predicted molar refractivity (Wildman–Crippen MR) is 66.5 cm³/mol. The molecule has 1 aromatic heterocycles. The van der Waals surface area contributed by atoms with Crippen LogP contribution in [0.2, 0.25) is 10.2 Å². The normalized spacial score (nSPS) is 9.63. The lowest BCUT2D eigenvalue weighted by atomic mass is 10.3. The molecular weight excluding hydrogens is 297 g/mol. The van der Waals surface area contributed by atoms with E-state index in [1.54, 1.807) is 0 Å². The summed E-state index contributed by atoms with van der Waals surface area (Å²) < 4.78 is 4.67. The maximum Gasteiger partial charge on any atom is 0.340 e. The highest BCUT2D eigenvalue weighted by Crippen LogP contribution is 2.19. The van der Waals surface area contributed by atoms with Gasteiger partial charge in [0.25, 0.3) is 5.91 Å². The molecule has 0 aliphatic rings. The van der Waals surface area contributed by atoms with Gasteiger partial charge in [0.1, 0.15) is 5.15 Å². The van der Waals surface area contributed by atoms with E-state index in [-0.39, 0.29) is 15.7 Å². The van der Waals surface area contributed by atoms with E-state index in [1.807, 2.05) is 10.9 Å².